The van der Waals surface area contributed by atoms with Crippen LogP contribution in [0.1, 0.15) is 132 Å². The van der Waals surface area contributed by atoms with Crippen LogP contribution >= 0.6 is 0 Å². The molecule has 0 aromatic carbocycles. The Kier molecular flexibility index (Phi) is 27.7. The van der Waals surface area contributed by atoms with Crippen molar-refractivity contribution in [3.63, 3.8) is 0 Å². The van der Waals surface area contributed by atoms with Gasteiger partial charge in [0, 0.05) is 58.0 Å². The number of hydrogen-bond acceptors (Lipinski definition) is 16. The number of piperidine rings is 1. The van der Waals surface area contributed by atoms with Crippen LogP contribution in [0, 0.1) is 35.5 Å². The lowest BCUT2D eigenvalue weighted by atomic mass is 9.78. The van der Waals surface area contributed by atoms with Gasteiger partial charge in [-0.3, -0.25) is 19.2 Å². The van der Waals surface area contributed by atoms with Gasteiger partial charge in [-0.05, 0) is 114 Å². The van der Waals surface area contributed by atoms with E-state index in [0.717, 1.165) is 12.0 Å². The topological polar surface area (TPSA) is 223 Å². The molecule has 3 N–H and O–H groups in total. The van der Waals surface area contributed by atoms with Crippen molar-refractivity contribution in [2.75, 3.05) is 67.0 Å². The second-order valence-corrected chi connectivity index (χ2v) is 21.6. The Morgan fingerprint density at radius 2 is 1.55 bits per heavy atom. The Morgan fingerprint density at radius 3 is 2.25 bits per heavy atom. The molecule has 1 aliphatic carbocycles. The molecule has 0 aromatic rings. The van der Waals surface area contributed by atoms with Gasteiger partial charge < -0.3 is 58.1 Å². The summed E-state index contributed by atoms with van der Waals surface area (Å²) in [6.45, 7) is 16.8. The second-order valence-electron chi connectivity index (χ2n) is 21.6. The summed E-state index contributed by atoms with van der Waals surface area (Å²) < 4.78 is 47.4. The Hall–Kier alpha value is -3.49. The van der Waals surface area contributed by atoms with Gasteiger partial charge in [0.05, 0.1) is 64.1 Å². The smallest absolute Gasteiger partial charge is 0.329 e. The molecule has 3 heterocycles. The first-order chi connectivity index (χ1) is 35.8. The zero-order valence-corrected chi connectivity index (χ0v) is 46.8. The molecule has 75 heavy (non-hydrogen) atoms. The van der Waals surface area contributed by atoms with Crippen LogP contribution < -0.4 is 0 Å². The van der Waals surface area contributed by atoms with Crippen LogP contribution in [-0.4, -0.2) is 171 Å². The SMILES string of the molecule is CCOCCOCCO[C@@H]1C[C@@H]2CC[C@@H](C)[C@@](O)(O2)C(=O)C(=O)N2CCCC[C@H]2C(=O)O[C@H]([C@H](C)C[C@@H]2CC[C@@H](OCCO)[C@H](OC)C2)CC(=O)[C@H](C)/C=C(\C)[C@@H](O)[C@@H](OC)C(=O)[C@H](C)C[C@H](C)/C=C/C=CC=C1C. The van der Waals surface area contributed by atoms with Crippen molar-refractivity contribution in [3.8, 4) is 0 Å². The Balaban J connectivity index is 1.70. The van der Waals surface area contributed by atoms with Crippen molar-refractivity contribution in [2.45, 2.75) is 187 Å². The number of fused-ring (bicyclic) bond motifs is 3. The molecule has 17 heteroatoms. The van der Waals surface area contributed by atoms with E-state index in [1.165, 1.54) is 12.0 Å². The minimum absolute atomic E-state index is 0.0100. The van der Waals surface area contributed by atoms with E-state index in [4.69, 9.17) is 37.9 Å². The van der Waals surface area contributed by atoms with Crippen molar-refractivity contribution in [1.29, 1.82) is 0 Å². The quantitative estimate of drug-likeness (QED) is 0.0639. The number of ether oxygens (including phenoxy) is 8. The molecule has 4 aliphatic rings. The first-order valence-electron chi connectivity index (χ1n) is 27.7. The first-order valence-corrected chi connectivity index (χ1v) is 27.7. The lowest BCUT2D eigenvalue weighted by Gasteiger charge is -2.43. The van der Waals surface area contributed by atoms with Crippen LogP contribution in [0.3, 0.4) is 0 Å². The lowest BCUT2D eigenvalue weighted by molar-refractivity contribution is -0.266. The standard InChI is InChI=1S/C58H93NO16/c1-11-70-27-28-71-29-30-73-49-35-45-22-20-43(8)58(67,75-45)55(64)56(65)59-24-16-15-19-46(59)57(66)74-50(40(5)33-44-21-23-48(72-26-25-60)51(34-44)68-9)36-47(61)39(4)32-42(7)53(63)54(69-10)52(62)41(6)31-37(2)17-13-12-14-18-38(49)3/h12-14,17-18,32,37,39-41,43-46,48-51,53-54,60,63,67H,11,15-16,19-31,33-36H2,1-10H3/b14-12?,17-13+,38-18?,42-32+/t37-,39-,40-,41-,43-,44+,45+,46+,48-,49-,50+,51-,53-,54+,58-/m1/s1. The maximum absolute atomic E-state index is 14.6. The highest BCUT2D eigenvalue weighted by Gasteiger charge is 2.53. The summed E-state index contributed by atoms with van der Waals surface area (Å²) in [5.41, 5.74) is 1.23. The molecular formula is C58H93NO16. The number of aliphatic hydroxyl groups excluding tert-OH is 2. The predicted molar refractivity (Wildman–Crippen MR) is 282 cm³/mol. The van der Waals surface area contributed by atoms with Crippen molar-refractivity contribution in [1.82, 2.24) is 4.90 Å². The highest BCUT2D eigenvalue weighted by atomic mass is 16.6. The number of Topliss-reactive ketones (excluding diaryl/α,β-unsaturated/α-hetero) is 3. The van der Waals surface area contributed by atoms with Gasteiger partial charge >= 0.3 is 5.97 Å². The summed E-state index contributed by atoms with van der Waals surface area (Å²) in [7, 11) is 3.01. The van der Waals surface area contributed by atoms with Crippen molar-refractivity contribution < 1.29 is 77.2 Å². The number of nitrogens with zero attached hydrogens (tertiary/aromatic N) is 1. The van der Waals surface area contributed by atoms with Crippen LogP contribution in [0.2, 0.25) is 0 Å². The van der Waals surface area contributed by atoms with E-state index in [0.29, 0.717) is 83.4 Å². The molecule has 1 amide bonds. The third-order valence-electron chi connectivity index (χ3n) is 15.7. The fourth-order valence-electron chi connectivity index (χ4n) is 11.0. The number of esters is 1. The van der Waals surface area contributed by atoms with E-state index in [1.807, 2.05) is 65.0 Å². The Labute approximate surface area is 447 Å². The predicted octanol–water partition coefficient (Wildman–Crippen LogP) is 6.62. The highest BCUT2D eigenvalue weighted by molar-refractivity contribution is 6.39. The number of rotatable bonds is 16. The Bertz CT molecular complexity index is 1930. The van der Waals surface area contributed by atoms with Crippen LogP contribution in [-0.2, 0) is 61.9 Å². The van der Waals surface area contributed by atoms with Gasteiger partial charge in [-0.1, -0.05) is 71.1 Å². The average molecular weight is 1060 g/mol. The van der Waals surface area contributed by atoms with E-state index < -0.39 is 77.8 Å². The summed E-state index contributed by atoms with van der Waals surface area (Å²) in [4.78, 5) is 72.9. The number of amides is 1. The van der Waals surface area contributed by atoms with Crippen molar-refractivity contribution in [3.05, 3.63) is 47.6 Å². The van der Waals surface area contributed by atoms with Crippen molar-refractivity contribution >= 4 is 29.2 Å². The molecule has 17 nitrogen and oxygen atoms in total. The molecule has 15 atom stereocenters. The van der Waals surface area contributed by atoms with Gasteiger partial charge in [-0.2, -0.15) is 0 Å². The summed E-state index contributed by atoms with van der Waals surface area (Å²) in [5, 5.41) is 33.1. The molecule has 4 rings (SSSR count). The monoisotopic (exact) mass is 1060 g/mol. The third-order valence-corrected chi connectivity index (χ3v) is 15.7. The van der Waals surface area contributed by atoms with Crippen LogP contribution in [0.15, 0.2) is 47.6 Å². The van der Waals surface area contributed by atoms with E-state index in [2.05, 4.69) is 0 Å². The minimum Gasteiger partial charge on any atom is -0.460 e. The molecule has 2 bridgehead atoms. The van der Waals surface area contributed by atoms with E-state index >= 15 is 0 Å². The van der Waals surface area contributed by atoms with Gasteiger partial charge in [0.15, 0.2) is 5.78 Å². The Morgan fingerprint density at radius 1 is 0.813 bits per heavy atom. The van der Waals surface area contributed by atoms with Gasteiger partial charge in [-0.15, -0.1) is 0 Å². The number of carbonyl (C=O) groups excluding carboxylic acids is 5. The lowest BCUT2D eigenvalue weighted by Crippen LogP contribution is -2.61. The van der Waals surface area contributed by atoms with Gasteiger partial charge in [-0.25, -0.2) is 4.79 Å². The molecule has 0 radical (unpaired) electrons. The largest absolute Gasteiger partial charge is 0.460 e. The number of carbonyl (C=O) groups is 5. The molecule has 0 spiro atoms. The average Bonchev–Trinajstić information content (AvgIpc) is 3.39. The molecular weight excluding hydrogens is 967 g/mol. The van der Waals surface area contributed by atoms with Gasteiger partial charge in [0.2, 0.25) is 5.79 Å². The maximum Gasteiger partial charge on any atom is 0.329 e. The maximum atomic E-state index is 14.6. The summed E-state index contributed by atoms with van der Waals surface area (Å²) in [5.74, 6) is -8.19. The van der Waals surface area contributed by atoms with E-state index in [9.17, 15) is 39.3 Å². The number of cyclic esters (lactones) is 1. The number of hydrogen-bond donors (Lipinski definition) is 3. The fourth-order valence-corrected chi connectivity index (χ4v) is 11.0. The number of ketones is 3. The molecule has 3 aliphatic heterocycles. The van der Waals surface area contributed by atoms with Crippen LogP contribution in [0.25, 0.3) is 0 Å². The number of allylic oxidation sites excluding steroid dienone is 6. The molecule has 426 valence electrons. The van der Waals surface area contributed by atoms with Crippen LogP contribution in [0.5, 0.6) is 0 Å². The molecule has 2 saturated heterocycles. The number of methoxy groups -OCH3 is 2. The number of aliphatic hydroxyl groups is 3. The normalized spacial score (nSPS) is 35.5. The fraction of sp³-hybridized carbons (Fsp3) is 0.776. The zero-order chi connectivity index (χ0) is 55.2. The summed E-state index contributed by atoms with van der Waals surface area (Å²) in [6.07, 6.45) is 11.6. The third kappa shape index (κ3) is 19.1. The van der Waals surface area contributed by atoms with Gasteiger partial charge in [0.25, 0.3) is 11.7 Å². The molecule has 0 aromatic heterocycles. The second kappa shape index (κ2) is 32.4. The molecule has 3 fully saturated rings. The van der Waals surface area contributed by atoms with Crippen molar-refractivity contribution in [2.24, 2.45) is 35.5 Å². The summed E-state index contributed by atoms with van der Waals surface area (Å²) >= 11 is 0. The van der Waals surface area contributed by atoms with E-state index in [-0.39, 0.29) is 87.2 Å². The van der Waals surface area contributed by atoms with Gasteiger partial charge in [0.1, 0.15) is 30.1 Å². The van der Waals surface area contributed by atoms with Crippen LogP contribution in [0.4, 0.5) is 0 Å². The minimum atomic E-state index is -2.48. The van der Waals surface area contributed by atoms with E-state index in [1.54, 1.807) is 34.0 Å². The summed E-state index contributed by atoms with van der Waals surface area (Å²) in [6, 6.07) is -1.17. The zero-order valence-electron chi connectivity index (χ0n) is 46.8. The first kappa shape index (κ1) is 64.0. The molecule has 1 saturated carbocycles. The highest BCUT2D eigenvalue weighted by Crippen LogP contribution is 2.38. The molecule has 0 unspecified atom stereocenters.